The zero-order valence-electron chi connectivity index (χ0n) is 12.2. The molecule has 0 spiro atoms. The standard InChI is InChI=1S/C17H14N4O2/c22-17(23-12-13-6-2-1-3-7-13)19-11-5-9-15-14-8-4-10-18-16(14)21-20-15/h1-4,6-8,10H,11-12H2,(H,19,22)(H,18,20,21). The van der Waals surface area contributed by atoms with E-state index in [1.165, 1.54) is 0 Å². The molecule has 6 heteroatoms. The summed E-state index contributed by atoms with van der Waals surface area (Å²) in [5, 5.41) is 10.3. The van der Waals surface area contributed by atoms with Gasteiger partial charge in [0.1, 0.15) is 12.3 Å². The van der Waals surface area contributed by atoms with Crippen molar-refractivity contribution in [2.45, 2.75) is 6.61 Å². The van der Waals surface area contributed by atoms with E-state index >= 15 is 0 Å². The number of alkyl carbamates (subject to hydrolysis) is 1. The van der Waals surface area contributed by atoms with Gasteiger partial charge in [-0.1, -0.05) is 36.3 Å². The van der Waals surface area contributed by atoms with Crippen molar-refractivity contribution in [1.82, 2.24) is 20.5 Å². The summed E-state index contributed by atoms with van der Waals surface area (Å²) in [5.41, 5.74) is 2.23. The van der Waals surface area contributed by atoms with Crippen molar-refractivity contribution in [2.24, 2.45) is 0 Å². The van der Waals surface area contributed by atoms with Crippen LogP contribution in [0, 0.1) is 11.8 Å². The Hall–Kier alpha value is -3.33. The van der Waals surface area contributed by atoms with E-state index in [-0.39, 0.29) is 13.2 Å². The monoisotopic (exact) mass is 306 g/mol. The Morgan fingerprint density at radius 2 is 2.09 bits per heavy atom. The lowest BCUT2D eigenvalue weighted by atomic mass is 10.2. The van der Waals surface area contributed by atoms with Crippen molar-refractivity contribution in [3.63, 3.8) is 0 Å². The number of rotatable bonds is 3. The van der Waals surface area contributed by atoms with Gasteiger partial charge in [-0.3, -0.25) is 5.10 Å². The number of ether oxygens (including phenoxy) is 1. The summed E-state index contributed by atoms with van der Waals surface area (Å²) in [4.78, 5) is 15.7. The molecule has 6 nitrogen and oxygen atoms in total. The first kappa shape index (κ1) is 14.6. The van der Waals surface area contributed by atoms with Crippen LogP contribution in [0.5, 0.6) is 0 Å². The lowest BCUT2D eigenvalue weighted by Crippen LogP contribution is -2.24. The van der Waals surface area contributed by atoms with Crippen LogP contribution in [0.4, 0.5) is 4.79 Å². The molecule has 0 atom stereocenters. The predicted octanol–water partition coefficient (Wildman–Crippen LogP) is 2.24. The van der Waals surface area contributed by atoms with Gasteiger partial charge < -0.3 is 10.1 Å². The highest BCUT2D eigenvalue weighted by Gasteiger charge is 2.02. The Kier molecular flexibility index (Phi) is 4.50. The van der Waals surface area contributed by atoms with E-state index in [2.05, 4.69) is 32.3 Å². The van der Waals surface area contributed by atoms with Gasteiger partial charge in [0.25, 0.3) is 0 Å². The molecule has 0 radical (unpaired) electrons. The molecule has 1 amide bonds. The fraction of sp³-hybridized carbons (Fsp3) is 0.118. The third-order valence-electron chi connectivity index (χ3n) is 3.08. The Labute approximate surface area is 132 Å². The molecule has 1 aromatic carbocycles. The maximum atomic E-state index is 11.6. The molecule has 23 heavy (non-hydrogen) atoms. The third kappa shape index (κ3) is 3.86. The number of carbonyl (C=O) groups excluding carboxylic acids is 1. The largest absolute Gasteiger partial charge is 0.445 e. The molecule has 3 aromatic rings. The van der Waals surface area contributed by atoms with Crippen LogP contribution in [0.25, 0.3) is 11.0 Å². The fourth-order valence-electron chi connectivity index (χ4n) is 1.97. The van der Waals surface area contributed by atoms with Gasteiger partial charge in [0.15, 0.2) is 5.65 Å². The Morgan fingerprint density at radius 3 is 2.96 bits per heavy atom. The van der Waals surface area contributed by atoms with Crippen molar-refractivity contribution in [3.8, 4) is 11.8 Å². The second-order valence-electron chi connectivity index (χ2n) is 4.69. The van der Waals surface area contributed by atoms with E-state index in [0.717, 1.165) is 10.9 Å². The molecular formula is C17H14N4O2. The molecule has 114 valence electrons. The van der Waals surface area contributed by atoms with E-state index in [9.17, 15) is 4.79 Å². The first-order chi connectivity index (χ1) is 11.3. The summed E-state index contributed by atoms with van der Waals surface area (Å²) in [5.74, 6) is 5.77. The lowest BCUT2D eigenvalue weighted by Gasteiger charge is -2.04. The van der Waals surface area contributed by atoms with Crippen molar-refractivity contribution >= 4 is 17.1 Å². The highest BCUT2D eigenvalue weighted by atomic mass is 16.5. The summed E-state index contributed by atoms with van der Waals surface area (Å²) >= 11 is 0. The highest BCUT2D eigenvalue weighted by Crippen LogP contribution is 2.10. The Balaban J connectivity index is 1.49. The minimum Gasteiger partial charge on any atom is -0.445 e. The molecule has 2 N–H and O–H groups in total. The maximum Gasteiger partial charge on any atom is 0.408 e. The van der Waals surface area contributed by atoms with Crippen LogP contribution in [0.15, 0.2) is 48.7 Å². The average molecular weight is 306 g/mol. The van der Waals surface area contributed by atoms with Crippen LogP contribution in [-0.4, -0.2) is 27.8 Å². The minimum absolute atomic E-state index is 0.189. The molecule has 3 rings (SSSR count). The van der Waals surface area contributed by atoms with Gasteiger partial charge in [-0.25, -0.2) is 9.78 Å². The number of carbonyl (C=O) groups is 1. The van der Waals surface area contributed by atoms with E-state index in [1.807, 2.05) is 42.5 Å². The summed E-state index contributed by atoms with van der Waals surface area (Å²) in [7, 11) is 0. The number of amides is 1. The van der Waals surface area contributed by atoms with Gasteiger partial charge in [0.05, 0.1) is 11.9 Å². The number of nitrogens with zero attached hydrogens (tertiary/aromatic N) is 2. The molecule has 0 fully saturated rings. The molecule has 0 aliphatic carbocycles. The maximum absolute atomic E-state index is 11.6. The number of aromatic amines is 1. The van der Waals surface area contributed by atoms with Crippen LogP contribution >= 0.6 is 0 Å². The summed E-state index contributed by atoms with van der Waals surface area (Å²) < 4.78 is 5.09. The van der Waals surface area contributed by atoms with Crippen LogP contribution in [0.1, 0.15) is 11.3 Å². The first-order valence-corrected chi connectivity index (χ1v) is 7.05. The highest BCUT2D eigenvalue weighted by molar-refractivity contribution is 5.80. The molecule has 0 aliphatic heterocycles. The minimum atomic E-state index is -0.501. The normalized spacial score (nSPS) is 9.91. The quantitative estimate of drug-likeness (QED) is 0.727. The molecule has 2 heterocycles. The molecule has 0 aliphatic rings. The average Bonchev–Trinajstić information content (AvgIpc) is 3.01. The van der Waals surface area contributed by atoms with E-state index in [1.54, 1.807) is 6.20 Å². The lowest BCUT2D eigenvalue weighted by molar-refractivity contribution is 0.141. The second kappa shape index (κ2) is 7.09. The summed E-state index contributed by atoms with van der Waals surface area (Å²) in [6.45, 7) is 0.422. The molecule has 0 saturated carbocycles. The number of nitrogens with one attached hydrogen (secondary N) is 2. The zero-order valence-corrected chi connectivity index (χ0v) is 12.2. The van der Waals surface area contributed by atoms with Gasteiger partial charge in [-0.2, -0.15) is 5.10 Å². The number of hydrogen-bond acceptors (Lipinski definition) is 4. The smallest absolute Gasteiger partial charge is 0.408 e. The van der Waals surface area contributed by atoms with Gasteiger partial charge in [-0.05, 0) is 23.6 Å². The number of aromatic nitrogens is 3. The van der Waals surface area contributed by atoms with E-state index < -0.39 is 6.09 Å². The molecule has 2 aromatic heterocycles. The molecule has 0 saturated heterocycles. The van der Waals surface area contributed by atoms with Crippen LogP contribution in [-0.2, 0) is 11.3 Å². The van der Waals surface area contributed by atoms with Gasteiger partial charge >= 0.3 is 6.09 Å². The SMILES string of the molecule is O=C(NCC#Cc1[nH]nc2ncccc12)OCc1ccccc1. The Morgan fingerprint density at radius 1 is 1.22 bits per heavy atom. The third-order valence-corrected chi connectivity index (χ3v) is 3.08. The number of benzene rings is 1. The first-order valence-electron chi connectivity index (χ1n) is 7.05. The second-order valence-corrected chi connectivity index (χ2v) is 4.69. The van der Waals surface area contributed by atoms with E-state index in [4.69, 9.17) is 4.74 Å². The van der Waals surface area contributed by atoms with Crippen LogP contribution in [0.2, 0.25) is 0 Å². The number of fused-ring (bicyclic) bond motifs is 1. The summed E-state index contributed by atoms with van der Waals surface area (Å²) in [6, 6.07) is 13.2. The molecule has 0 unspecified atom stereocenters. The summed E-state index contributed by atoms with van der Waals surface area (Å²) in [6.07, 6.45) is 1.17. The fourth-order valence-corrected chi connectivity index (χ4v) is 1.97. The van der Waals surface area contributed by atoms with Crippen molar-refractivity contribution in [2.75, 3.05) is 6.54 Å². The number of hydrogen-bond donors (Lipinski definition) is 2. The van der Waals surface area contributed by atoms with Crippen LogP contribution in [0.3, 0.4) is 0 Å². The van der Waals surface area contributed by atoms with Crippen molar-refractivity contribution < 1.29 is 9.53 Å². The molecular weight excluding hydrogens is 292 g/mol. The molecule has 0 bridgehead atoms. The van der Waals surface area contributed by atoms with Gasteiger partial charge in [-0.15, -0.1) is 0 Å². The Bertz CT molecular complexity index is 862. The van der Waals surface area contributed by atoms with Gasteiger partial charge in [0, 0.05) is 6.20 Å². The predicted molar refractivity (Wildman–Crippen MR) is 85.4 cm³/mol. The van der Waals surface area contributed by atoms with Crippen molar-refractivity contribution in [1.29, 1.82) is 0 Å². The number of pyridine rings is 1. The van der Waals surface area contributed by atoms with Gasteiger partial charge in [0.2, 0.25) is 0 Å². The topological polar surface area (TPSA) is 79.9 Å². The van der Waals surface area contributed by atoms with E-state index in [0.29, 0.717) is 11.3 Å². The zero-order chi connectivity index (χ0) is 15.9. The van der Waals surface area contributed by atoms with Crippen LogP contribution < -0.4 is 5.32 Å². The number of H-pyrrole nitrogens is 1. The van der Waals surface area contributed by atoms with Crippen molar-refractivity contribution in [3.05, 3.63) is 59.9 Å².